The third kappa shape index (κ3) is 4.85. The summed E-state index contributed by atoms with van der Waals surface area (Å²) in [6.45, 7) is 7.46. The van der Waals surface area contributed by atoms with Gasteiger partial charge in [-0.05, 0) is 51.4 Å². The second-order valence-corrected chi connectivity index (χ2v) is 5.96. The first-order valence-electron chi connectivity index (χ1n) is 8.19. The lowest BCUT2D eigenvalue weighted by Crippen LogP contribution is -2.34. The standard InChI is InChI=1S/C18H27NO2/c1-3-4-12-21-18-9-8-15(2)13-16(18)17(20)14-19-10-6-5-7-11-19/h8-9,13H,3-7,10-12,14H2,1-2H3. The molecule has 3 nitrogen and oxygen atoms in total. The molecule has 1 aliphatic heterocycles. The number of Topliss-reactive ketones (excluding diaryl/α,β-unsaturated/α-hetero) is 1. The molecule has 1 aromatic rings. The van der Waals surface area contributed by atoms with E-state index in [0.717, 1.165) is 42.8 Å². The summed E-state index contributed by atoms with van der Waals surface area (Å²) in [5, 5.41) is 0. The molecule has 0 atom stereocenters. The van der Waals surface area contributed by atoms with Crippen LogP contribution in [-0.4, -0.2) is 36.9 Å². The Morgan fingerprint density at radius 1 is 1.24 bits per heavy atom. The summed E-state index contributed by atoms with van der Waals surface area (Å²) in [6.07, 6.45) is 5.83. The Bertz CT molecular complexity index is 464. The first-order valence-corrected chi connectivity index (χ1v) is 8.19. The Labute approximate surface area is 128 Å². The molecule has 0 bridgehead atoms. The number of ketones is 1. The summed E-state index contributed by atoms with van der Waals surface area (Å²) < 4.78 is 5.80. The van der Waals surface area contributed by atoms with E-state index < -0.39 is 0 Å². The van der Waals surface area contributed by atoms with Crippen molar-refractivity contribution in [1.82, 2.24) is 4.90 Å². The largest absolute Gasteiger partial charge is 0.493 e. The van der Waals surface area contributed by atoms with Crippen LogP contribution >= 0.6 is 0 Å². The highest BCUT2D eigenvalue weighted by Gasteiger charge is 2.18. The lowest BCUT2D eigenvalue weighted by Gasteiger charge is -2.25. The van der Waals surface area contributed by atoms with E-state index in [4.69, 9.17) is 4.74 Å². The summed E-state index contributed by atoms with van der Waals surface area (Å²) in [6, 6.07) is 5.92. The summed E-state index contributed by atoms with van der Waals surface area (Å²) >= 11 is 0. The average Bonchev–Trinajstić information content (AvgIpc) is 2.50. The van der Waals surface area contributed by atoms with Crippen molar-refractivity contribution in [3.8, 4) is 5.75 Å². The van der Waals surface area contributed by atoms with E-state index in [2.05, 4.69) is 11.8 Å². The zero-order valence-corrected chi connectivity index (χ0v) is 13.4. The van der Waals surface area contributed by atoms with Crippen LogP contribution in [0.4, 0.5) is 0 Å². The van der Waals surface area contributed by atoms with Crippen molar-refractivity contribution < 1.29 is 9.53 Å². The van der Waals surface area contributed by atoms with Crippen LogP contribution in [0.2, 0.25) is 0 Å². The first-order chi connectivity index (χ1) is 10.2. The van der Waals surface area contributed by atoms with E-state index in [1.807, 2.05) is 25.1 Å². The van der Waals surface area contributed by atoms with Gasteiger partial charge in [0.05, 0.1) is 18.7 Å². The number of rotatable bonds is 7. The minimum atomic E-state index is 0.187. The number of hydrogen-bond donors (Lipinski definition) is 0. The molecule has 1 aromatic carbocycles. The summed E-state index contributed by atoms with van der Waals surface area (Å²) in [4.78, 5) is 14.9. The topological polar surface area (TPSA) is 29.5 Å². The SMILES string of the molecule is CCCCOc1ccc(C)cc1C(=O)CN1CCCCC1. The van der Waals surface area contributed by atoms with Crippen LogP contribution < -0.4 is 4.74 Å². The van der Waals surface area contributed by atoms with Gasteiger partial charge < -0.3 is 4.74 Å². The third-order valence-electron chi connectivity index (χ3n) is 4.01. The Morgan fingerprint density at radius 3 is 2.71 bits per heavy atom. The molecule has 1 aliphatic rings. The van der Waals surface area contributed by atoms with Crippen molar-refractivity contribution in [2.45, 2.75) is 46.0 Å². The molecular formula is C18H27NO2. The Morgan fingerprint density at radius 2 is 2.00 bits per heavy atom. The molecule has 0 aliphatic carbocycles. The molecular weight excluding hydrogens is 262 g/mol. The normalized spacial score (nSPS) is 15.9. The Hall–Kier alpha value is -1.35. The molecule has 0 amide bonds. The van der Waals surface area contributed by atoms with Crippen LogP contribution in [0.15, 0.2) is 18.2 Å². The number of likely N-dealkylation sites (tertiary alicyclic amines) is 1. The molecule has 0 unspecified atom stereocenters. The predicted molar refractivity (Wildman–Crippen MR) is 86.2 cm³/mol. The van der Waals surface area contributed by atoms with E-state index in [1.165, 1.54) is 19.3 Å². The van der Waals surface area contributed by atoms with Gasteiger partial charge in [-0.1, -0.05) is 31.4 Å². The van der Waals surface area contributed by atoms with E-state index in [-0.39, 0.29) is 5.78 Å². The number of ether oxygens (including phenoxy) is 1. The van der Waals surface area contributed by atoms with Crippen LogP contribution in [0.1, 0.15) is 54.9 Å². The van der Waals surface area contributed by atoms with Gasteiger partial charge in [-0.25, -0.2) is 0 Å². The minimum Gasteiger partial charge on any atom is -0.493 e. The lowest BCUT2D eigenvalue weighted by atomic mass is 10.0. The van der Waals surface area contributed by atoms with E-state index in [0.29, 0.717) is 13.2 Å². The van der Waals surface area contributed by atoms with Crippen LogP contribution in [0.3, 0.4) is 0 Å². The number of unbranched alkanes of at least 4 members (excludes halogenated alkanes) is 1. The van der Waals surface area contributed by atoms with Crippen LogP contribution in [0.5, 0.6) is 5.75 Å². The van der Waals surface area contributed by atoms with Gasteiger partial charge in [-0.3, -0.25) is 9.69 Å². The van der Waals surface area contributed by atoms with Crippen molar-refractivity contribution in [2.24, 2.45) is 0 Å². The molecule has 21 heavy (non-hydrogen) atoms. The van der Waals surface area contributed by atoms with Gasteiger partial charge in [0.1, 0.15) is 5.75 Å². The zero-order chi connectivity index (χ0) is 15.1. The molecule has 0 spiro atoms. The highest BCUT2D eigenvalue weighted by Crippen LogP contribution is 2.22. The molecule has 0 saturated carbocycles. The fourth-order valence-electron chi connectivity index (χ4n) is 2.72. The smallest absolute Gasteiger partial charge is 0.180 e. The van der Waals surface area contributed by atoms with Crippen LogP contribution in [0.25, 0.3) is 0 Å². The third-order valence-corrected chi connectivity index (χ3v) is 4.01. The number of carbonyl (C=O) groups excluding carboxylic acids is 1. The maximum atomic E-state index is 12.6. The second kappa shape index (κ2) is 8.18. The first kappa shape index (κ1) is 16.0. The predicted octanol–water partition coefficient (Wildman–Crippen LogP) is 3.84. The second-order valence-electron chi connectivity index (χ2n) is 5.96. The van der Waals surface area contributed by atoms with Gasteiger partial charge in [-0.15, -0.1) is 0 Å². The van der Waals surface area contributed by atoms with Crippen molar-refractivity contribution in [3.05, 3.63) is 29.3 Å². The lowest BCUT2D eigenvalue weighted by molar-refractivity contribution is 0.0911. The number of benzene rings is 1. The Balaban J connectivity index is 2.04. The summed E-state index contributed by atoms with van der Waals surface area (Å²) in [7, 11) is 0. The summed E-state index contributed by atoms with van der Waals surface area (Å²) in [5.41, 5.74) is 1.86. The van der Waals surface area contributed by atoms with Gasteiger partial charge >= 0.3 is 0 Å². The fraction of sp³-hybridized carbons (Fsp3) is 0.611. The summed E-state index contributed by atoms with van der Waals surface area (Å²) in [5.74, 6) is 0.933. The van der Waals surface area contributed by atoms with Crippen LogP contribution in [0, 0.1) is 6.92 Å². The molecule has 0 aromatic heterocycles. The van der Waals surface area contributed by atoms with E-state index in [1.54, 1.807) is 0 Å². The zero-order valence-electron chi connectivity index (χ0n) is 13.4. The van der Waals surface area contributed by atoms with Crippen molar-refractivity contribution >= 4 is 5.78 Å². The monoisotopic (exact) mass is 289 g/mol. The molecule has 1 heterocycles. The maximum absolute atomic E-state index is 12.6. The van der Waals surface area contributed by atoms with Gasteiger partial charge in [-0.2, -0.15) is 0 Å². The van der Waals surface area contributed by atoms with E-state index >= 15 is 0 Å². The van der Waals surface area contributed by atoms with Gasteiger partial charge in [0.15, 0.2) is 5.78 Å². The molecule has 1 saturated heterocycles. The van der Waals surface area contributed by atoms with Crippen molar-refractivity contribution in [2.75, 3.05) is 26.2 Å². The van der Waals surface area contributed by atoms with Crippen molar-refractivity contribution in [1.29, 1.82) is 0 Å². The number of carbonyl (C=O) groups is 1. The molecule has 116 valence electrons. The molecule has 0 radical (unpaired) electrons. The molecule has 1 fully saturated rings. The van der Waals surface area contributed by atoms with Gasteiger partial charge in [0, 0.05) is 0 Å². The number of aryl methyl sites for hydroxylation is 1. The molecule has 3 heteroatoms. The maximum Gasteiger partial charge on any atom is 0.180 e. The quantitative estimate of drug-likeness (QED) is 0.564. The van der Waals surface area contributed by atoms with Gasteiger partial charge in [0.2, 0.25) is 0 Å². The van der Waals surface area contributed by atoms with Gasteiger partial charge in [0.25, 0.3) is 0 Å². The van der Waals surface area contributed by atoms with Crippen LogP contribution in [-0.2, 0) is 0 Å². The number of hydrogen-bond acceptors (Lipinski definition) is 3. The molecule has 2 rings (SSSR count). The molecule has 0 N–H and O–H groups in total. The number of nitrogens with zero attached hydrogens (tertiary/aromatic N) is 1. The fourth-order valence-corrected chi connectivity index (χ4v) is 2.72. The highest BCUT2D eigenvalue weighted by atomic mass is 16.5. The van der Waals surface area contributed by atoms with Crippen molar-refractivity contribution in [3.63, 3.8) is 0 Å². The highest BCUT2D eigenvalue weighted by molar-refractivity contribution is 6.00. The minimum absolute atomic E-state index is 0.187. The number of piperidine rings is 1. The average molecular weight is 289 g/mol. The van der Waals surface area contributed by atoms with E-state index in [9.17, 15) is 4.79 Å². The Kier molecular flexibility index (Phi) is 6.24.